The van der Waals surface area contributed by atoms with Crippen LogP contribution in [0.15, 0.2) is 24.3 Å². The second kappa shape index (κ2) is 6.15. The van der Waals surface area contributed by atoms with Crippen LogP contribution in [0, 0.1) is 6.92 Å². The zero-order valence-corrected chi connectivity index (χ0v) is 11.0. The summed E-state index contributed by atoms with van der Waals surface area (Å²) in [5.41, 5.74) is 2.03. The molecule has 1 aromatic carbocycles. The summed E-state index contributed by atoms with van der Waals surface area (Å²) in [6.45, 7) is 2.88. The number of carbonyl (C=O) groups excluding carboxylic acids is 1. The van der Waals surface area contributed by atoms with Crippen molar-refractivity contribution >= 4 is 6.29 Å². The molecule has 100 valence electrons. The highest BCUT2D eigenvalue weighted by Crippen LogP contribution is 2.23. The summed E-state index contributed by atoms with van der Waals surface area (Å²) < 4.78 is 10.4. The van der Waals surface area contributed by atoms with Crippen LogP contribution in [-0.2, 0) is 4.74 Å². The number of aldehydes is 1. The first kappa shape index (κ1) is 13.3. The van der Waals surface area contributed by atoms with Gasteiger partial charge in [-0.15, -0.1) is 0 Å². The number of imidazole rings is 1. The lowest BCUT2D eigenvalue weighted by molar-refractivity contribution is 0.112. The highest BCUT2D eigenvalue weighted by molar-refractivity contribution is 5.83. The van der Waals surface area contributed by atoms with Crippen LogP contribution in [0.4, 0.5) is 0 Å². The van der Waals surface area contributed by atoms with Crippen molar-refractivity contribution in [2.24, 2.45) is 0 Å². The molecule has 0 spiro atoms. The molecule has 2 rings (SSSR count). The van der Waals surface area contributed by atoms with Crippen molar-refractivity contribution in [1.29, 1.82) is 0 Å². The third kappa shape index (κ3) is 3.20. The van der Waals surface area contributed by atoms with E-state index in [1.807, 2.05) is 31.2 Å². The first-order valence-corrected chi connectivity index (χ1v) is 5.98. The first-order chi connectivity index (χ1) is 9.24. The second-order valence-electron chi connectivity index (χ2n) is 4.07. The number of hydrogen-bond donors (Lipinski definition) is 1. The van der Waals surface area contributed by atoms with Crippen molar-refractivity contribution in [2.45, 2.75) is 6.92 Å². The number of nitrogens with one attached hydrogen (secondary N) is 1. The molecular weight excluding hydrogens is 244 g/mol. The second-order valence-corrected chi connectivity index (χ2v) is 4.07. The molecule has 19 heavy (non-hydrogen) atoms. The summed E-state index contributed by atoms with van der Waals surface area (Å²) in [6, 6.07) is 7.46. The molecule has 0 saturated carbocycles. The molecule has 0 fully saturated rings. The van der Waals surface area contributed by atoms with Gasteiger partial charge < -0.3 is 14.5 Å². The summed E-state index contributed by atoms with van der Waals surface area (Å²) in [6.07, 6.45) is 0.776. The summed E-state index contributed by atoms with van der Waals surface area (Å²) in [7, 11) is 1.63. The van der Waals surface area contributed by atoms with E-state index in [1.165, 1.54) is 0 Å². The molecule has 0 atom stereocenters. The van der Waals surface area contributed by atoms with Gasteiger partial charge in [0, 0.05) is 12.7 Å². The summed E-state index contributed by atoms with van der Waals surface area (Å²) in [5.74, 6) is 1.48. The van der Waals surface area contributed by atoms with Crippen molar-refractivity contribution in [3.05, 3.63) is 35.8 Å². The predicted octanol–water partition coefficient (Wildman–Crippen LogP) is 2.22. The van der Waals surface area contributed by atoms with Gasteiger partial charge in [-0.25, -0.2) is 4.98 Å². The third-order valence-electron chi connectivity index (χ3n) is 2.65. The molecule has 1 aromatic heterocycles. The van der Waals surface area contributed by atoms with E-state index in [2.05, 4.69) is 9.97 Å². The lowest BCUT2D eigenvalue weighted by Gasteiger charge is -2.06. The Kier molecular flexibility index (Phi) is 4.30. The number of H-pyrrole nitrogens is 1. The van der Waals surface area contributed by atoms with Gasteiger partial charge >= 0.3 is 0 Å². The number of methoxy groups -OCH3 is 1. The van der Waals surface area contributed by atoms with E-state index >= 15 is 0 Å². The number of aromatic nitrogens is 2. The first-order valence-electron chi connectivity index (χ1n) is 5.98. The molecule has 0 bridgehead atoms. The Balaban J connectivity index is 2.15. The fraction of sp³-hybridized carbons (Fsp3) is 0.286. The highest BCUT2D eigenvalue weighted by atomic mass is 16.5. The molecule has 1 N–H and O–H groups in total. The van der Waals surface area contributed by atoms with Crippen LogP contribution >= 0.6 is 0 Å². The fourth-order valence-electron chi connectivity index (χ4n) is 1.77. The number of benzene rings is 1. The van der Waals surface area contributed by atoms with Crippen molar-refractivity contribution in [3.8, 4) is 17.0 Å². The Hall–Kier alpha value is -2.14. The molecule has 0 saturated heterocycles. The average Bonchev–Trinajstić information content (AvgIpc) is 2.81. The molecule has 0 unspecified atom stereocenters. The van der Waals surface area contributed by atoms with Gasteiger partial charge in [0.2, 0.25) is 0 Å². The van der Waals surface area contributed by atoms with Crippen molar-refractivity contribution in [1.82, 2.24) is 9.97 Å². The topological polar surface area (TPSA) is 64.2 Å². The largest absolute Gasteiger partial charge is 0.491 e. The van der Waals surface area contributed by atoms with E-state index in [-0.39, 0.29) is 0 Å². The third-order valence-corrected chi connectivity index (χ3v) is 2.65. The smallest absolute Gasteiger partial charge is 0.168 e. The minimum atomic E-state index is 0.491. The molecular formula is C14H16N2O3. The maximum Gasteiger partial charge on any atom is 0.168 e. The molecule has 5 nitrogen and oxygen atoms in total. The van der Waals surface area contributed by atoms with E-state index < -0.39 is 0 Å². The summed E-state index contributed by atoms with van der Waals surface area (Å²) in [4.78, 5) is 18.2. The highest BCUT2D eigenvalue weighted by Gasteiger charge is 2.09. The van der Waals surface area contributed by atoms with Crippen LogP contribution in [0.3, 0.4) is 0 Å². The lowest BCUT2D eigenvalue weighted by Crippen LogP contribution is -2.03. The Morgan fingerprint density at radius 2 is 2.00 bits per heavy atom. The zero-order chi connectivity index (χ0) is 13.7. The maximum atomic E-state index is 10.9. The quantitative estimate of drug-likeness (QED) is 0.639. The minimum Gasteiger partial charge on any atom is -0.491 e. The minimum absolute atomic E-state index is 0.491. The Morgan fingerprint density at radius 3 is 2.63 bits per heavy atom. The predicted molar refractivity (Wildman–Crippen MR) is 71.5 cm³/mol. The molecule has 0 aliphatic heterocycles. The van der Waals surface area contributed by atoms with Crippen LogP contribution in [-0.4, -0.2) is 36.6 Å². The summed E-state index contributed by atoms with van der Waals surface area (Å²) >= 11 is 0. The number of hydrogen-bond acceptors (Lipinski definition) is 4. The number of carbonyl (C=O) groups is 1. The Labute approximate surface area is 111 Å². The van der Waals surface area contributed by atoms with E-state index in [0.717, 1.165) is 23.4 Å². The van der Waals surface area contributed by atoms with Gasteiger partial charge in [0.05, 0.1) is 12.3 Å². The van der Waals surface area contributed by atoms with Crippen molar-refractivity contribution in [2.75, 3.05) is 20.3 Å². The molecule has 0 aliphatic rings. The number of rotatable bonds is 6. The summed E-state index contributed by atoms with van der Waals surface area (Å²) in [5, 5.41) is 0. The van der Waals surface area contributed by atoms with Crippen LogP contribution < -0.4 is 4.74 Å². The lowest BCUT2D eigenvalue weighted by atomic mass is 10.1. The van der Waals surface area contributed by atoms with Gasteiger partial charge in [0.15, 0.2) is 6.29 Å². The van der Waals surface area contributed by atoms with Gasteiger partial charge in [0.25, 0.3) is 0 Å². The molecule has 0 aliphatic carbocycles. The van der Waals surface area contributed by atoms with Crippen LogP contribution in [0.5, 0.6) is 5.75 Å². The van der Waals surface area contributed by atoms with Gasteiger partial charge in [-0.2, -0.15) is 0 Å². The van der Waals surface area contributed by atoms with E-state index in [0.29, 0.717) is 24.6 Å². The van der Waals surface area contributed by atoms with E-state index in [9.17, 15) is 4.79 Å². The van der Waals surface area contributed by atoms with Crippen LogP contribution in [0.25, 0.3) is 11.3 Å². The molecule has 0 amide bonds. The number of aryl methyl sites for hydroxylation is 1. The molecule has 2 aromatic rings. The number of nitrogens with zero attached hydrogens (tertiary/aromatic N) is 1. The standard InChI is InChI=1S/C14H16N2O3/c1-10-15-13(9-17)14(16-10)11-3-5-12(6-4-11)19-8-7-18-2/h3-6,9H,7-8H2,1-2H3,(H,15,16). The monoisotopic (exact) mass is 260 g/mol. The van der Waals surface area contributed by atoms with Crippen molar-refractivity contribution < 1.29 is 14.3 Å². The molecule has 0 radical (unpaired) electrons. The van der Waals surface area contributed by atoms with Crippen molar-refractivity contribution in [3.63, 3.8) is 0 Å². The van der Waals surface area contributed by atoms with Crippen LogP contribution in [0.2, 0.25) is 0 Å². The van der Waals surface area contributed by atoms with E-state index in [4.69, 9.17) is 9.47 Å². The van der Waals surface area contributed by atoms with E-state index in [1.54, 1.807) is 7.11 Å². The normalized spacial score (nSPS) is 10.4. The van der Waals surface area contributed by atoms with Gasteiger partial charge in [-0.1, -0.05) is 0 Å². The van der Waals surface area contributed by atoms with Crippen LogP contribution in [0.1, 0.15) is 16.3 Å². The van der Waals surface area contributed by atoms with Gasteiger partial charge in [-0.05, 0) is 31.2 Å². The maximum absolute atomic E-state index is 10.9. The van der Waals surface area contributed by atoms with Gasteiger partial charge in [-0.3, -0.25) is 4.79 Å². The number of aromatic amines is 1. The zero-order valence-electron chi connectivity index (χ0n) is 11.0. The fourth-order valence-corrected chi connectivity index (χ4v) is 1.77. The number of ether oxygens (including phenoxy) is 2. The SMILES string of the molecule is COCCOc1ccc(-c2nc(C)[nH]c2C=O)cc1. The van der Waals surface area contributed by atoms with Gasteiger partial charge in [0.1, 0.15) is 23.9 Å². The average molecular weight is 260 g/mol. The molecule has 5 heteroatoms. The Morgan fingerprint density at radius 1 is 1.26 bits per heavy atom. The molecule has 1 heterocycles. The Bertz CT molecular complexity index is 546.